The smallest absolute Gasteiger partial charge is 0.248 e. The fourth-order valence-electron chi connectivity index (χ4n) is 2.30. The van der Waals surface area contributed by atoms with Gasteiger partial charge in [-0.2, -0.15) is 4.80 Å². The van der Waals surface area contributed by atoms with Gasteiger partial charge in [0.15, 0.2) is 0 Å². The van der Waals surface area contributed by atoms with Crippen LogP contribution in [0.2, 0.25) is 0 Å². The average Bonchev–Trinajstić information content (AvgIpc) is 3.01. The molecule has 0 unspecified atom stereocenters. The van der Waals surface area contributed by atoms with Crippen molar-refractivity contribution in [2.24, 2.45) is 0 Å². The number of carbonyl (C=O) groups excluding carboxylic acids is 1. The Kier molecular flexibility index (Phi) is 5.07. The molecule has 0 aliphatic carbocycles. The molecular formula is C17H15FIN5O. The summed E-state index contributed by atoms with van der Waals surface area (Å²) in [6, 6.07) is 10.4. The lowest BCUT2D eigenvalue weighted by atomic mass is 10.1. The molecule has 1 N–H and O–H groups in total. The van der Waals surface area contributed by atoms with Gasteiger partial charge in [0.2, 0.25) is 11.7 Å². The fraction of sp³-hybridized carbons (Fsp3) is 0.176. The Hall–Kier alpha value is -2.36. The lowest BCUT2D eigenvalue weighted by molar-refractivity contribution is -0.117. The number of anilines is 1. The molecule has 128 valence electrons. The molecule has 0 saturated carbocycles. The third-order valence-electron chi connectivity index (χ3n) is 3.62. The number of amides is 1. The van der Waals surface area contributed by atoms with Gasteiger partial charge >= 0.3 is 0 Å². The summed E-state index contributed by atoms with van der Waals surface area (Å²) < 4.78 is 14.4. The zero-order valence-corrected chi connectivity index (χ0v) is 15.8. The van der Waals surface area contributed by atoms with Crippen LogP contribution in [-0.4, -0.2) is 26.1 Å². The predicted molar refractivity (Wildman–Crippen MR) is 100 cm³/mol. The average molecular weight is 451 g/mol. The number of hydrogen-bond acceptors (Lipinski definition) is 4. The van der Waals surface area contributed by atoms with Crippen LogP contribution in [0, 0.1) is 23.2 Å². The largest absolute Gasteiger partial charge is 0.324 e. The van der Waals surface area contributed by atoms with E-state index in [2.05, 4.69) is 43.3 Å². The van der Waals surface area contributed by atoms with Crippen molar-refractivity contribution in [1.29, 1.82) is 0 Å². The Morgan fingerprint density at radius 2 is 2.00 bits per heavy atom. The van der Waals surface area contributed by atoms with Gasteiger partial charge in [-0.25, -0.2) is 4.39 Å². The second kappa shape index (κ2) is 7.26. The maximum Gasteiger partial charge on any atom is 0.248 e. The Labute approximate surface area is 157 Å². The molecule has 2 aromatic carbocycles. The van der Waals surface area contributed by atoms with Crippen LogP contribution in [0.4, 0.5) is 10.1 Å². The lowest BCUT2D eigenvalue weighted by Crippen LogP contribution is -2.21. The van der Waals surface area contributed by atoms with Crippen LogP contribution in [0.15, 0.2) is 36.4 Å². The van der Waals surface area contributed by atoms with Gasteiger partial charge in [-0.05, 0) is 89.2 Å². The number of tetrazole rings is 1. The number of carbonyl (C=O) groups is 1. The Morgan fingerprint density at radius 1 is 1.20 bits per heavy atom. The highest BCUT2D eigenvalue weighted by atomic mass is 127. The molecule has 0 saturated heterocycles. The van der Waals surface area contributed by atoms with Crippen LogP contribution in [0.1, 0.15) is 11.1 Å². The van der Waals surface area contributed by atoms with Crippen molar-refractivity contribution in [3.8, 4) is 11.4 Å². The van der Waals surface area contributed by atoms with Gasteiger partial charge in [0.05, 0.1) is 0 Å². The molecule has 8 heteroatoms. The highest BCUT2D eigenvalue weighted by Crippen LogP contribution is 2.19. The summed E-state index contributed by atoms with van der Waals surface area (Å²) in [5.74, 6) is -0.187. The lowest BCUT2D eigenvalue weighted by Gasteiger charge is -2.08. The van der Waals surface area contributed by atoms with Crippen molar-refractivity contribution >= 4 is 34.2 Å². The van der Waals surface area contributed by atoms with Gasteiger partial charge < -0.3 is 5.32 Å². The van der Waals surface area contributed by atoms with Gasteiger partial charge in [0, 0.05) is 14.8 Å². The van der Waals surface area contributed by atoms with E-state index in [4.69, 9.17) is 0 Å². The van der Waals surface area contributed by atoms with E-state index in [9.17, 15) is 9.18 Å². The number of aromatic nitrogens is 4. The highest BCUT2D eigenvalue weighted by molar-refractivity contribution is 14.1. The number of benzene rings is 2. The summed E-state index contributed by atoms with van der Waals surface area (Å²) in [5, 5.41) is 14.8. The predicted octanol–water partition coefficient (Wildman–Crippen LogP) is 3.34. The van der Waals surface area contributed by atoms with Gasteiger partial charge in [-0.15, -0.1) is 10.2 Å². The molecule has 1 heterocycles. The summed E-state index contributed by atoms with van der Waals surface area (Å²) >= 11 is 2.22. The van der Waals surface area contributed by atoms with Crippen molar-refractivity contribution in [1.82, 2.24) is 20.2 Å². The van der Waals surface area contributed by atoms with Crippen molar-refractivity contribution < 1.29 is 9.18 Å². The topological polar surface area (TPSA) is 72.7 Å². The normalized spacial score (nSPS) is 10.7. The van der Waals surface area contributed by atoms with Crippen molar-refractivity contribution in [3.05, 3.63) is 56.9 Å². The molecule has 3 rings (SSSR count). The van der Waals surface area contributed by atoms with Crippen molar-refractivity contribution in [2.45, 2.75) is 20.4 Å². The summed E-state index contributed by atoms with van der Waals surface area (Å²) in [6.45, 7) is 3.54. The third-order valence-corrected chi connectivity index (χ3v) is 4.29. The second-order valence-electron chi connectivity index (χ2n) is 5.61. The van der Waals surface area contributed by atoms with Gasteiger partial charge in [0.25, 0.3) is 0 Å². The molecule has 25 heavy (non-hydrogen) atoms. The van der Waals surface area contributed by atoms with Crippen molar-refractivity contribution in [2.75, 3.05) is 5.32 Å². The van der Waals surface area contributed by atoms with Crippen LogP contribution in [0.5, 0.6) is 0 Å². The summed E-state index contributed by atoms with van der Waals surface area (Å²) in [6.07, 6.45) is 0. The van der Waals surface area contributed by atoms with Crippen LogP contribution >= 0.6 is 22.6 Å². The minimum Gasteiger partial charge on any atom is -0.324 e. The van der Waals surface area contributed by atoms with E-state index in [0.717, 1.165) is 14.8 Å². The molecule has 6 nitrogen and oxygen atoms in total. The zero-order chi connectivity index (χ0) is 18.0. The van der Waals surface area contributed by atoms with Crippen LogP contribution < -0.4 is 5.32 Å². The van der Waals surface area contributed by atoms with E-state index in [1.165, 1.54) is 10.9 Å². The maximum absolute atomic E-state index is 13.3. The molecule has 1 amide bonds. The minimum absolute atomic E-state index is 0.0569. The molecule has 0 atom stereocenters. The number of rotatable bonds is 4. The first-order valence-electron chi connectivity index (χ1n) is 7.53. The number of halogens is 2. The van der Waals surface area contributed by atoms with Crippen molar-refractivity contribution in [3.63, 3.8) is 0 Å². The minimum atomic E-state index is -0.289. The first-order chi connectivity index (χ1) is 11.9. The third kappa shape index (κ3) is 4.19. The molecular weight excluding hydrogens is 436 g/mol. The molecule has 0 spiro atoms. The molecule has 0 aliphatic heterocycles. The maximum atomic E-state index is 13.3. The summed E-state index contributed by atoms with van der Waals surface area (Å²) in [5.41, 5.74) is 2.88. The van der Waals surface area contributed by atoms with Crippen LogP contribution in [-0.2, 0) is 11.3 Å². The zero-order valence-electron chi connectivity index (χ0n) is 13.6. The number of nitrogens with one attached hydrogen (secondary N) is 1. The molecule has 0 aliphatic rings. The van der Waals surface area contributed by atoms with E-state index in [0.29, 0.717) is 17.0 Å². The summed E-state index contributed by atoms with van der Waals surface area (Å²) in [7, 11) is 0. The number of hydrogen-bond donors (Lipinski definition) is 1. The van der Waals surface area contributed by atoms with Gasteiger partial charge in [-0.1, -0.05) is 0 Å². The Morgan fingerprint density at radius 3 is 2.72 bits per heavy atom. The van der Waals surface area contributed by atoms with Gasteiger partial charge in [-0.3, -0.25) is 4.79 Å². The number of aryl methyl sites for hydroxylation is 2. The molecule has 0 bridgehead atoms. The van der Waals surface area contributed by atoms with E-state index in [-0.39, 0.29) is 18.3 Å². The van der Waals surface area contributed by atoms with E-state index < -0.39 is 0 Å². The SMILES string of the molecule is Cc1cc(-c2nnn(CC(=O)Nc3ccc(I)cc3C)n2)ccc1F. The Balaban J connectivity index is 1.70. The number of nitrogens with zero attached hydrogens (tertiary/aromatic N) is 4. The summed E-state index contributed by atoms with van der Waals surface area (Å²) in [4.78, 5) is 13.4. The second-order valence-corrected chi connectivity index (χ2v) is 6.86. The highest BCUT2D eigenvalue weighted by Gasteiger charge is 2.11. The monoisotopic (exact) mass is 451 g/mol. The van der Waals surface area contributed by atoms with Crippen LogP contribution in [0.3, 0.4) is 0 Å². The van der Waals surface area contributed by atoms with Gasteiger partial charge in [0.1, 0.15) is 12.4 Å². The molecule has 1 aromatic heterocycles. The first-order valence-corrected chi connectivity index (χ1v) is 8.60. The fourth-order valence-corrected chi connectivity index (χ4v) is 2.94. The molecule has 3 aromatic rings. The van der Waals surface area contributed by atoms with E-state index >= 15 is 0 Å². The Bertz CT molecular complexity index is 941. The molecule has 0 radical (unpaired) electrons. The van der Waals surface area contributed by atoms with E-state index in [1.807, 2.05) is 25.1 Å². The molecule has 0 fully saturated rings. The first kappa shape index (κ1) is 17.5. The quantitative estimate of drug-likeness (QED) is 0.618. The standard InChI is InChI=1S/C17H15FIN5O/c1-10-7-12(3-5-14(10)18)17-21-23-24(22-17)9-16(25)20-15-6-4-13(19)8-11(15)2/h3-8H,9H2,1-2H3,(H,20,25). The van der Waals surface area contributed by atoms with Crippen LogP contribution in [0.25, 0.3) is 11.4 Å². The van der Waals surface area contributed by atoms with E-state index in [1.54, 1.807) is 19.1 Å².